The van der Waals surface area contributed by atoms with Gasteiger partial charge < -0.3 is 0 Å². The van der Waals surface area contributed by atoms with Gasteiger partial charge in [0, 0.05) is 4.47 Å². The van der Waals surface area contributed by atoms with Crippen LogP contribution in [0.2, 0.25) is 0 Å². The van der Waals surface area contributed by atoms with E-state index in [1.54, 1.807) is 12.1 Å². The zero-order valence-corrected chi connectivity index (χ0v) is 12.5. The van der Waals surface area contributed by atoms with E-state index in [1.807, 2.05) is 24.6 Å². The maximum Gasteiger partial charge on any atom is 0.0992 e. The van der Waals surface area contributed by atoms with Crippen molar-refractivity contribution in [3.63, 3.8) is 0 Å². The molecule has 0 radical (unpaired) electrons. The highest BCUT2D eigenvalue weighted by Gasteiger charge is 2.12. The zero-order valence-electron chi connectivity index (χ0n) is 9.33. The number of nitrogens with zero attached hydrogens (tertiary/aromatic N) is 3. The molecule has 86 valence electrons. The number of aryl methyl sites for hydroxylation is 1. The average Bonchev–Trinajstić information content (AvgIpc) is 2.57. The van der Waals surface area contributed by atoms with E-state index in [1.165, 1.54) is 0 Å². The molecule has 17 heavy (non-hydrogen) atoms. The molecule has 1 heterocycles. The standard InChI is InChI=1S/C12H9Br2N3/c1-7-12(14)8(2)17(16-7)11-4-3-9(6-15)5-10(11)13/h3-5H,1-2H3. The van der Waals surface area contributed by atoms with Crippen molar-refractivity contribution in [3.05, 3.63) is 44.1 Å². The monoisotopic (exact) mass is 353 g/mol. The average molecular weight is 355 g/mol. The summed E-state index contributed by atoms with van der Waals surface area (Å²) < 4.78 is 3.72. The second kappa shape index (κ2) is 4.63. The van der Waals surface area contributed by atoms with Crippen LogP contribution in [0.1, 0.15) is 17.0 Å². The van der Waals surface area contributed by atoms with E-state index in [0.29, 0.717) is 5.56 Å². The Morgan fingerprint density at radius 1 is 1.29 bits per heavy atom. The van der Waals surface area contributed by atoms with Crippen molar-refractivity contribution in [2.75, 3.05) is 0 Å². The SMILES string of the molecule is Cc1nn(-c2ccc(C#N)cc2Br)c(C)c1Br. The summed E-state index contributed by atoms with van der Waals surface area (Å²) >= 11 is 6.96. The summed E-state index contributed by atoms with van der Waals surface area (Å²) in [6.45, 7) is 3.94. The predicted molar refractivity (Wildman–Crippen MR) is 73.2 cm³/mol. The van der Waals surface area contributed by atoms with Gasteiger partial charge in [-0.05, 0) is 63.9 Å². The maximum absolute atomic E-state index is 8.83. The van der Waals surface area contributed by atoms with Gasteiger partial charge in [0.05, 0.1) is 33.2 Å². The number of hydrogen-bond donors (Lipinski definition) is 0. The van der Waals surface area contributed by atoms with Gasteiger partial charge in [-0.1, -0.05) is 0 Å². The van der Waals surface area contributed by atoms with E-state index >= 15 is 0 Å². The molecule has 1 aromatic carbocycles. The van der Waals surface area contributed by atoms with E-state index in [0.717, 1.165) is 26.0 Å². The van der Waals surface area contributed by atoms with Gasteiger partial charge >= 0.3 is 0 Å². The van der Waals surface area contributed by atoms with Gasteiger partial charge in [0.25, 0.3) is 0 Å². The number of nitriles is 1. The van der Waals surface area contributed by atoms with Gasteiger partial charge in [0.2, 0.25) is 0 Å². The molecule has 0 spiro atoms. The Labute approximate surface area is 116 Å². The van der Waals surface area contributed by atoms with Crippen molar-refractivity contribution in [2.24, 2.45) is 0 Å². The highest BCUT2D eigenvalue weighted by Crippen LogP contribution is 2.27. The second-order valence-electron chi connectivity index (χ2n) is 3.67. The molecule has 3 nitrogen and oxygen atoms in total. The summed E-state index contributed by atoms with van der Waals surface area (Å²) in [6.07, 6.45) is 0. The lowest BCUT2D eigenvalue weighted by Gasteiger charge is -2.07. The van der Waals surface area contributed by atoms with Gasteiger partial charge in [0.15, 0.2) is 0 Å². The Balaban J connectivity index is 2.62. The minimum absolute atomic E-state index is 0.626. The molecule has 0 atom stereocenters. The summed E-state index contributed by atoms with van der Waals surface area (Å²) in [4.78, 5) is 0. The normalized spacial score (nSPS) is 10.3. The number of rotatable bonds is 1. The smallest absolute Gasteiger partial charge is 0.0992 e. The molecule has 0 aliphatic heterocycles. The van der Waals surface area contributed by atoms with Crippen LogP contribution in [0.3, 0.4) is 0 Å². The topological polar surface area (TPSA) is 41.6 Å². The van der Waals surface area contributed by atoms with Crippen molar-refractivity contribution in [1.82, 2.24) is 9.78 Å². The quantitative estimate of drug-likeness (QED) is 0.779. The minimum atomic E-state index is 0.626. The van der Waals surface area contributed by atoms with Gasteiger partial charge in [-0.15, -0.1) is 0 Å². The molecule has 5 heteroatoms. The first kappa shape index (κ1) is 12.3. The fraction of sp³-hybridized carbons (Fsp3) is 0.167. The third-order valence-electron chi connectivity index (χ3n) is 2.51. The second-order valence-corrected chi connectivity index (χ2v) is 5.32. The number of halogens is 2. The van der Waals surface area contributed by atoms with Crippen LogP contribution in [0.4, 0.5) is 0 Å². The molecule has 0 N–H and O–H groups in total. The zero-order chi connectivity index (χ0) is 12.6. The van der Waals surface area contributed by atoms with Gasteiger partial charge in [-0.25, -0.2) is 4.68 Å². The first-order valence-electron chi connectivity index (χ1n) is 4.96. The van der Waals surface area contributed by atoms with Crippen molar-refractivity contribution in [1.29, 1.82) is 5.26 Å². The summed E-state index contributed by atoms with van der Waals surface area (Å²) in [5, 5.41) is 13.3. The van der Waals surface area contributed by atoms with Gasteiger partial charge in [-0.3, -0.25) is 0 Å². The highest BCUT2D eigenvalue weighted by molar-refractivity contribution is 9.11. The van der Waals surface area contributed by atoms with E-state index in [9.17, 15) is 0 Å². The Morgan fingerprint density at radius 2 is 2.00 bits per heavy atom. The molecule has 0 bridgehead atoms. The van der Waals surface area contributed by atoms with Crippen LogP contribution in [0, 0.1) is 25.2 Å². The third-order valence-corrected chi connectivity index (χ3v) is 4.29. The molecule has 0 fully saturated rings. The van der Waals surface area contributed by atoms with Crippen LogP contribution in [-0.4, -0.2) is 9.78 Å². The number of benzene rings is 1. The van der Waals surface area contributed by atoms with E-state index in [-0.39, 0.29) is 0 Å². The van der Waals surface area contributed by atoms with Crippen LogP contribution in [0.15, 0.2) is 27.1 Å². The Bertz CT molecular complexity index is 623. The van der Waals surface area contributed by atoms with Crippen molar-refractivity contribution >= 4 is 31.9 Å². The molecule has 0 aliphatic carbocycles. The summed E-state index contributed by atoms with van der Waals surface area (Å²) in [7, 11) is 0. The molecule has 2 aromatic rings. The molecule has 0 unspecified atom stereocenters. The Kier molecular flexibility index (Phi) is 3.36. The lowest BCUT2D eigenvalue weighted by atomic mass is 10.2. The summed E-state index contributed by atoms with van der Waals surface area (Å²) in [5.41, 5.74) is 3.53. The Morgan fingerprint density at radius 3 is 2.47 bits per heavy atom. The van der Waals surface area contributed by atoms with Crippen molar-refractivity contribution in [3.8, 4) is 11.8 Å². The Hall–Kier alpha value is -1.12. The molecule has 1 aromatic heterocycles. The predicted octanol–water partition coefficient (Wildman–Crippen LogP) is 3.89. The molecular formula is C12H9Br2N3. The minimum Gasteiger partial charge on any atom is -0.236 e. The fourth-order valence-corrected chi connectivity index (χ4v) is 2.40. The molecule has 0 saturated heterocycles. The van der Waals surface area contributed by atoms with E-state index in [4.69, 9.17) is 5.26 Å². The lowest BCUT2D eigenvalue weighted by molar-refractivity contribution is 0.829. The molecular weight excluding hydrogens is 346 g/mol. The molecule has 0 saturated carbocycles. The van der Waals surface area contributed by atoms with Gasteiger partial charge in [-0.2, -0.15) is 10.4 Å². The first-order chi connectivity index (χ1) is 8.04. The fourth-order valence-electron chi connectivity index (χ4n) is 1.61. The number of hydrogen-bond acceptors (Lipinski definition) is 2. The van der Waals surface area contributed by atoms with Crippen LogP contribution in [0.25, 0.3) is 5.69 Å². The van der Waals surface area contributed by atoms with Crippen molar-refractivity contribution < 1.29 is 0 Å². The highest BCUT2D eigenvalue weighted by atomic mass is 79.9. The summed E-state index contributed by atoms with van der Waals surface area (Å²) in [5.74, 6) is 0. The maximum atomic E-state index is 8.83. The molecule has 0 aliphatic rings. The third kappa shape index (κ3) is 2.15. The summed E-state index contributed by atoms with van der Waals surface area (Å²) in [6, 6.07) is 7.57. The van der Waals surface area contributed by atoms with Crippen LogP contribution >= 0.6 is 31.9 Å². The van der Waals surface area contributed by atoms with Crippen LogP contribution in [0.5, 0.6) is 0 Å². The first-order valence-corrected chi connectivity index (χ1v) is 6.55. The molecule has 0 amide bonds. The van der Waals surface area contributed by atoms with Gasteiger partial charge in [0.1, 0.15) is 0 Å². The molecule has 2 rings (SSSR count). The van der Waals surface area contributed by atoms with Crippen molar-refractivity contribution in [2.45, 2.75) is 13.8 Å². The van der Waals surface area contributed by atoms with Crippen LogP contribution in [-0.2, 0) is 0 Å². The van der Waals surface area contributed by atoms with E-state index < -0.39 is 0 Å². The lowest BCUT2D eigenvalue weighted by Crippen LogP contribution is -2.00. The van der Waals surface area contributed by atoms with Crippen LogP contribution < -0.4 is 0 Å². The van der Waals surface area contributed by atoms with E-state index in [2.05, 4.69) is 43.0 Å². The number of aromatic nitrogens is 2. The largest absolute Gasteiger partial charge is 0.236 e.